The molecule has 1 aromatic heterocycles. The van der Waals surface area contributed by atoms with Crippen molar-refractivity contribution in [1.82, 2.24) is 15.2 Å². The summed E-state index contributed by atoms with van der Waals surface area (Å²) in [5, 5.41) is 4.67. The molecule has 1 saturated heterocycles. The molecule has 1 aliphatic heterocycles. The van der Waals surface area contributed by atoms with Crippen LogP contribution in [0.3, 0.4) is 0 Å². The van der Waals surface area contributed by atoms with Gasteiger partial charge in [0.15, 0.2) is 0 Å². The van der Waals surface area contributed by atoms with Crippen LogP contribution in [0, 0.1) is 0 Å². The lowest BCUT2D eigenvalue weighted by Crippen LogP contribution is -2.45. The summed E-state index contributed by atoms with van der Waals surface area (Å²) in [5.41, 5.74) is 1.00. The van der Waals surface area contributed by atoms with Gasteiger partial charge in [-0.05, 0) is 12.8 Å². The Balaban J connectivity index is 0.00000200. The van der Waals surface area contributed by atoms with Gasteiger partial charge >= 0.3 is 0 Å². The number of piperazine rings is 1. The maximum Gasteiger partial charge on any atom is 0.0652 e. The first-order valence-corrected chi connectivity index (χ1v) is 7.34. The van der Waals surface area contributed by atoms with Crippen LogP contribution in [-0.2, 0) is 0 Å². The minimum Gasteiger partial charge on any atom is -0.314 e. The summed E-state index contributed by atoms with van der Waals surface area (Å²) < 4.78 is 0. The van der Waals surface area contributed by atoms with Crippen molar-refractivity contribution in [3.8, 4) is 0 Å². The monoisotopic (exact) mass is 371 g/mol. The number of hydrogen-bond donors (Lipinski definition) is 1. The molecular formula is C14H21Cl4N3. The van der Waals surface area contributed by atoms with Gasteiger partial charge in [-0.15, -0.1) is 31.4 Å². The van der Waals surface area contributed by atoms with E-state index in [0.717, 1.165) is 44.6 Å². The molecule has 0 spiro atoms. The van der Waals surface area contributed by atoms with Crippen molar-refractivity contribution in [2.45, 2.75) is 18.9 Å². The zero-order valence-corrected chi connectivity index (χ0v) is 14.9. The standard InChI is InChI=1S/C14H19Cl2N3.2ClH/c1-2-3-4-13(19-7-5-17-6-8-19)14-11(15)9-18-10-12(14)16;;/h2,9-10,13,17H,1,3-8H2;2*1H/t13-;;/m0../s1. The normalized spacial score (nSPS) is 16.5. The maximum atomic E-state index is 6.31. The van der Waals surface area contributed by atoms with Gasteiger partial charge in [-0.1, -0.05) is 29.3 Å². The topological polar surface area (TPSA) is 28.2 Å². The summed E-state index contributed by atoms with van der Waals surface area (Å²) in [6, 6.07) is 0.239. The Morgan fingerprint density at radius 1 is 1.24 bits per heavy atom. The van der Waals surface area contributed by atoms with Crippen molar-refractivity contribution in [3.63, 3.8) is 0 Å². The Morgan fingerprint density at radius 2 is 1.81 bits per heavy atom. The van der Waals surface area contributed by atoms with Crippen LogP contribution in [0.2, 0.25) is 10.0 Å². The molecule has 0 aliphatic carbocycles. The molecule has 2 rings (SSSR count). The molecule has 120 valence electrons. The molecule has 1 N–H and O–H groups in total. The highest BCUT2D eigenvalue weighted by molar-refractivity contribution is 6.35. The second kappa shape index (κ2) is 10.7. The number of nitrogens with zero attached hydrogens (tertiary/aromatic N) is 2. The molecule has 1 fully saturated rings. The van der Waals surface area contributed by atoms with E-state index in [1.54, 1.807) is 12.4 Å². The van der Waals surface area contributed by atoms with E-state index in [0.29, 0.717) is 10.0 Å². The van der Waals surface area contributed by atoms with Crippen LogP contribution in [0.5, 0.6) is 0 Å². The lowest BCUT2D eigenvalue weighted by molar-refractivity contribution is 0.166. The smallest absolute Gasteiger partial charge is 0.0652 e. The molecule has 7 heteroatoms. The molecule has 0 saturated carbocycles. The zero-order chi connectivity index (χ0) is 13.7. The van der Waals surface area contributed by atoms with Gasteiger partial charge in [0.2, 0.25) is 0 Å². The predicted octanol–water partition coefficient (Wildman–Crippen LogP) is 4.14. The number of rotatable bonds is 5. The lowest BCUT2D eigenvalue weighted by atomic mass is 10.0. The molecule has 1 aromatic rings. The van der Waals surface area contributed by atoms with Crippen molar-refractivity contribution >= 4 is 48.0 Å². The van der Waals surface area contributed by atoms with Crippen molar-refractivity contribution in [3.05, 3.63) is 40.7 Å². The molecule has 1 aliphatic rings. The van der Waals surface area contributed by atoms with E-state index in [1.807, 2.05) is 6.08 Å². The second-order valence-corrected chi connectivity index (χ2v) is 5.50. The third kappa shape index (κ3) is 5.59. The SMILES string of the molecule is C=CCC[C@@H](c1c(Cl)cncc1Cl)N1CCNCC1.Cl.Cl. The summed E-state index contributed by atoms with van der Waals surface area (Å²) >= 11 is 12.6. The van der Waals surface area contributed by atoms with Crippen LogP contribution in [0.4, 0.5) is 0 Å². The number of pyridine rings is 1. The van der Waals surface area contributed by atoms with Gasteiger partial charge in [0.05, 0.1) is 10.0 Å². The number of halogens is 4. The van der Waals surface area contributed by atoms with Crippen LogP contribution in [0.25, 0.3) is 0 Å². The van der Waals surface area contributed by atoms with Gasteiger partial charge < -0.3 is 5.32 Å². The van der Waals surface area contributed by atoms with E-state index in [-0.39, 0.29) is 30.9 Å². The molecule has 21 heavy (non-hydrogen) atoms. The Labute approximate surface area is 148 Å². The fraction of sp³-hybridized carbons (Fsp3) is 0.500. The number of allylic oxidation sites excluding steroid dienone is 1. The summed E-state index contributed by atoms with van der Waals surface area (Å²) in [6.07, 6.45) is 7.21. The largest absolute Gasteiger partial charge is 0.314 e. The highest BCUT2D eigenvalue weighted by atomic mass is 35.5. The zero-order valence-electron chi connectivity index (χ0n) is 11.7. The molecular weight excluding hydrogens is 352 g/mol. The molecule has 1 atom stereocenters. The first kappa shape index (κ1) is 21.0. The first-order chi connectivity index (χ1) is 9.24. The summed E-state index contributed by atoms with van der Waals surface area (Å²) in [5.74, 6) is 0. The van der Waals surface area contributed by atoms with Crippen LogP contribution >= 0.6 is 48.0 Å². The van der Waals surface area contributed by atoms with Gasteiger partial charge in [0.25, 0.3) is 0 Å². The van der Waals surface area contributed by atoms with Crippen molar-refractivity contribution < 1.29 is 0 Å². The minimum atomic E-state index is 0. The molecule has 2 heterocycles. The van der Waals surface area contributed by atoms with Crippen LogP contribution in [-0.4, -0.2) is 36.1 Å². The summed E-state index contributed by atoms with van der Waals surface area (Å²) in [7, 11) is 0. The fourth-order valence-corrected chi connectivity index (χ4v) is 3.14. The lowest BCUT2D eigenvalue weighted by Gasteiger charge is -2.35. The quantitative estimate of drug-likeness (QED) is 0.787. The van der Waals surface area contributed by atoms with Gasteiger partial charge in [0, 0.05) is 50.2 Å². The van der Waals surface area contributed by atoms with Crippen molar-refractivity contribution in [1.29, 1.82) is 0 Å². The van der Waals surface area contributed by atoms with E-state index >= 15 is 0 Å². The fourth-order valence-electron chi connectivity index (χ4n) is 2.52. The first-order valence-electron chi connectivity index (χ1n) is 6.58. The predicted molar refractivity (Wildman–Crippen MR) is 95.4 cm³/mol. The third-order valence-electron chi connectivity index (χ3n) is 3.46. The van der Waals surface area contributed by atoms with Crippen molar-refractivity contribution in [2.75, 3.05) is 26.2 Å². The van der Waals surface area contributed by atoms with E-state index in [4.69, 9.17) is 23.2 Å². The summed E-state index contributed by atoms with van der Waals surface area (Å²) in [4.78, 5) is 6.47. The van der Waals surface area contributed by atoms with Gasteiger partial charge in [-0.3, -0.25) is 9.88 Å². The number of nitrogens with one attached hydrogen (secondary N) is 1. The molecule has 3 nitrogen and oxygen atoms in total. The molecule has 0 aromatic carbocycles. The highest BCUT2D eigenvalue weighted by Gasteiger charge is 2.25. The van der Waals surface area contributed by atoms with Gasteiger partial charge in [-0.25, -0.2) is 0 Å². The van der Waals surface area contributed by atoms with E-state index in [9.17, 15) is 0 Å². The second-order valence-electron chi connectivity index (χ2n) is 4.68. The maximum absolute atomic E-state index is 6.31. The van der Waals surface area contributed by atoms with Crippen LogP contribution in [0.1, 0.15) is 24.4 Å². The Hall–Kier alpha value is -0.0300. The average molecular weight is 373 g/mol. The minimum absolute atomic E-state index is 0. The molecule has 0 amide bonds. The number of aromatic nitrogens is 1. The summed E-state index contributed by atoms with van der Waals surface area (Å²) in [6.45, 7) is 7.84. The van der Waals surface area contributed by atoms with Gasteiger partial charge in [0.1, 0.15) is 0 Å². The van der Waals surface area contributed by atoms with E-state index in [2.05, 4.69) is 21.8 Å². The average Bonchev–Trinajstić information content (AvgIpc) is 2.43. The van der Waals surface area contributed by atoms with Crippen molar-refractivity contribution in [2.24, 2.45) is 0 Å². The van der Waals surface area contributed by atoms with E-state index < -0.39 is 0 Å². The van der Waals surface area contributed by atoms with Gasteiger partial charge in [-0.2, -0.15) is 0 Å². The third-order valence-corrected chi connectivity index (χ3v) is 4.06. The van der Waals surface area contributed by atoms with E-state index in [1.165, 1.54) is 0 Å². The van der Waals surface area contributed by atoms with Crippen LogP contribution < -0.4 is 5.32 Å². The highest BCUT2D eigenvalue weighted by Crippen LogP contribution is 2.35. The Morgan fingerprint density at radius 3 is 2.33 bits per heavy atom. The number of hydrogen-bond acceptors (Lipinski definition) is 3. The molecule has 0 unspecified atom stereocenters. The Kier molecular flexibility index (Phi) is 10.6. The molecule has 0 bridgehead atoms. The van der Waals surface area contributed by atoms with Crippen LogP contribution in [0.15, 0.2) is 25.0 Å². The molecule has 0 radical (unpaired) electrons. The Bertz CT molecular complexity index is 416.